The van der Waals surface area contributed by atoms with Crippen LogP contribution in [0.1, 0.15) is 18.1 Å². The Bertz CT molecular complexity index is 608. The van der Waals surface area contributed by atoms with Gasteiger partial charge in [-0.25, -0.2) is 0 Å². The van der Waals surface area contributed by atoms with Crippen LogP contribution in [0.2, 0.25) is 0 Å². The van der Waals surface area contributed by atoms with Crippen LogP contribution in [0.5, 0.6) is 0 Å². The molecule has 3 rings (SSSR count). The third-order valence-electron chi connectivity index (χ3n) is 4.01. The Morgan fingerprint density at radius 3 is 2.65 bits per heavy atom. The second-order valence-corrected chi connectivity index (χ2v) is 5.67. The van der Waals surface area contributed by atoms with E-state index in [9.17, 15) is 5.11 Å². The predicted octanol–water partition coefficient (Wildman–Crippen LogP) is 2.54. The number of fused-ring (bicyclic) bond motifs is 1. The minimum absolute atomic E-state index is 0.554. The zero-order chi connectivity index (χ0) is 14.2. The molecule has 1 unspecified atom stereocenters. The van der Waals surface area contributed by atoms with Crippen LogP contribution in [-0.4, -0.2) is 18.2 Å². The Hall–Kier alpha value is -2.00. The monoisotopic (exact) mass is 268 g/mol. The van der Waals surface area contributed by atoms with Gasteiger partial charge in [0.2, 0.25) is 0 Å². The zero-order valence-corrected chi connectivity index (χ0v) is 11.7. The summed E-state index contributed by atoms with van der Waals surface area (Å²) in [7, 11) is 0. The number of aliphatic hydroxyl groups is 1. The highest BCUT2D eigenvalue weighted by Gasteiger charge is 2.30. The summed E-state index contributed by atoms with van der Waals surface area (Å²) in [6.45, 7) is 3.32. The topological polar surface area (TPSA) is 49.5 Å². The lowest BCUT2D eigenvalue weighted by atomic mass is 9.95. The first-order chi connectivity index (χ1) is 9.58. The van der Waals surface area contributed by atoms with E-state index < -0.39 is 5.60 Å². The lowest BCUT2D eigenvalue weighted by Crippen LogP contribution is -2.38. The minimum atomic E-state index is -0.884. The van der Waals surface area contributed by atoms with Crippen molar-refractivity contribution in [2.75, 3.05) is 23.7 Å². The summed E-state index contributed by atoms with van der Waals surface area (Å²) in [5, 5.41) is 10.8. The van der Waals surface area contributed by atoms with Crippen molar-refractivity contribution in [1.29, 1.82) is 0 Å². The average Bonchev–Trinajstić information content (AvgIpc) is 2.84. The van der Waals surface area contributed by atoms with Crippen LogP contribution in [0.4, 0.5) is 11.4 Å². The fraction of sp³-hybridized carbons (Fsp3) is 0.294. The number of benzene rings is 2. The molecule has 0 fully saturated rings. The molecule has 3 nitrogen and oxygen atoms in total. The number of hydrogen-bond acceptors (Lipinski definition) is 3. The fourth-order valence-corrected chi connectivity index (χ4v) is 2.98. The molecule has 0 spiro atoms. The maximum atomic E-state index is 10.8. The largest absolute Gasteiger partial charge is 0.397 e. The number of hydrogen-bond donors (Lipinski definition) is 2. The molecule has 1 aliphatic heterocycles. The molecule has 1 aliphatic rings. The molecule has 104 valence electrons. The van der Waals surface area contributed by atoms with Gasteiger partial charge in [0.05, 0.1) is 17.9 Å². The summed E-state index contributed by atoms with van der Waals surface area (Å²) in [5.41, 5.74) is 9.30. The number of rotatable bonds is 3. The zero-order valence-electron chi connectivity index (χ0n) is 11.7. The molecule has 0 radical (unpaired) electrons. The Morgan fingerprint density at radius 2 is 1.90 bits per heavy atom. The number of nitrogens with zero attached hydrogens (tertiary/aromatic N) is 1. The molecule has 0 aromatic heterocycles. The Balaban J connectivity index is 1.87. The van der Waals surface area contributed by atoms with E-state index >= 15 is 0 Å². The van der Waals surface area contributed by atoms with E-state index in [1.54, 1.807) is 0 Å². The van der Waals surface area contributed by atoms with E-state index in [0.717, 1.165) is 29.9 Å². The highest BCUT2D eigenvalue weighted by Crippen LogP contribution is 2.35. The Labute approximate surface area is 119 Å². The van der Waals surface area contributed by atoms with Gasteiger partial charge in [0, 0.05) is 6.54 Å². The molecule has 0 bridgehead atoms. The first-order valence-corrected chi connectivity index (χ1v) is 6.98. The maximum absolute atomic E-state index is 10.8. The van der Waals surface area contributed by atoms with E-state index in [1.165, 1.54) is 5.56 Å². The standard InChI is InChI=1S/C17H20N2O/c1-17(20,14-7-3-2-4-8-14)12-19-11-10-13-6-5-9-15(18)16(13)19/h2-9,20H,10-12,18H2,1H3. The van der Waals surface area contributed by atoms with Crippen molar-refractivity contribution in [3.63, 3.8) is 0 Å². The van der Waals surface area contributed by atoms with Gasteiger partial charge in [-0.15, -0.1) is 0 Å². The SMILES string of the molecule is CC(O)(CN1CCc2cccc(N)c21)c1ccccc1. The molecule has 2 aromatic rings. The average molecular weight is 268 g/mol. The maximum Gasteiger partial charge on any atom is 0.104 e. The Kier molecular flexibility index (Phi) is 3.14. The van der Waals surface area contributed by atoms with E-state index in [4.69, 9.17) is 5.73 Å². The van der Waals surface area contributed by atoms with Gasteiger partial charge in [-0.3, -0.25) is 0 Å². The lowest BCUT2D eigenvalue weighted by molar-refractivity contribution is 0.0649. The van der Waals surface area contributed by atoms with Crippen LogP contribution in [0.25, 0.3) is 0 Å². The molecule has 3 heteroatoms. The van der Waals surface area contributed by atoms with Gasteiger partial charge < -0.3 is 15.7 Å². The molecule has 2 aromatic carbocycles. The van der Waals surface area contributed by atoms with Crippen LogP contribution in [-0.2, 0) is 12.0 Å². The van der Waals surface area contributed by atoms with Crippen molar-refractivity contribution < 1.29 is 5.11 Å². The summed E-state index contributed by atoms with van der Waals surface area (Å²) in [6.07, 6.45) is 0.991. The van der Waals surface area contributed by atoms with Gasteiger partial charge in [0.15, 0.2) is 0 Å². The van der Waals surface area contributed by atoms with Gasteiger partial charge in [0.25, 0.3) is 0 Å². The van der Waals surface area contributed by atoms with E-state index in [-0.39, 0.29) is 0 Å². The summed E-state index contributed by atoms with van der Waals surface area (Å²) in [4.78, 5) is 2.19. The highest BCUT2D eigenvalue weighted by atomic mass is 16.3. The first kappa shape index (κ1) is 13.0. The molecular weight excluding hydrogens is 248 g/mol. The molecular formula is C17H20N2O. The molecule has 1 heterocycles. The van der Waals surface area contributed by atoms with Crippen LogP contribution in [0.15, 0.2) is 48.5 Å². The molecule has 0 aliphatic carbocycles. The number of para-hydroxylation sites is 1. The van der Waals surface area contributed by atoms with Crippen molar-refractivity contribution in [2.24, 2.45) is 0 Å². The van der Waals surface area contributed by atoms with Crippen LogP contribution in [0, 0.1) is 0 Å². The van der Waals surface area contributed by atoms with Crippen molar-refractivity contribution in [3.05, 3.63) is 59.7 Å². The molecule has 0 saturated heterocycles. The van der Waals surface area contributed by atoms with Crippen LogP contribution in [0.3, 0.4) is 0 Å². The highest BCUT2D eigenvalue weighted by molar-refractivity contribution is 5.74. The second-order valence-electron chi connectivity index (χ2n) is 5.67. The smallest absolute Gasteiger partial charge is 0.104 e. The molecule has 20 heavy (non-hydrogen) atoms. The predicted molar refractivity (Wildman–Crippen MR) is 82.8 cm³/mol. The fourth-order valence-electron chi connectivity index (χ4n) is 2.98. The number of β-amino-alcohol motifs (C(OH)–C–C–N with tert-alkyl or cyclic N) is 1. The van der Waals surface area contributed by atoms with Crippen molar-refractivity contribution in [1.82, 2.24) is 0 Å². The summed E-state index contributed by atoms with van der Waals surface area (Å²) < 4.78 is 0. The molecule has 1 atom stereocenters. The number of anilines is 2. The van der Waals surface area contributed by atoms with Crippen LogP contribution < -0.4 is 10.6 Å². The van der Waals surface area contributed by atoms with Crippen molar-refractivity contribution in [2.45, 2.75) is 18.9 Å². The van der Waals surface area contributed by atoms with Crippen LogP contribution >= 0.6 is 0 Å². The number of nitrogens with two attached hydrogens (primary N) is 1. The lowest BCUT2D eigenvalue weighted by Gasteiger charge is -2.31. The second kappa shape index (κ2) is 4.84. The molecule has 3 N–H and O–H groups in total. The van der Waals surface area contributed by atoms with E-state index in [2.05, 4.69) is 11.0 Å². The van der Waals surface area contributed by atoms with Crippen molar-refractivity contribution in [3.8, 4) is 0 Å². The third kappa shape index (κ3) is 2.25. The third-order valence-corrected chi connectivity index (χ3v) is 4.01. The van der Waals surface area contributed by atoms with Gasteiger partial charge in [-0.05, 0) is 30.5 Å². The molecule has 0 amide bonds. The van der Waals surface area contributed by atoms with Gasteiger partial charge >= 0.3 is 0 Å². The summed E-state index contributed by atoms with van der Waals surface area (Å²) in [5.74, 6) is 0. The molecule has 0 saturated carbocycles. The van der Waals surface area contributed by atoms with Gasteiger partial charge in [-0.1, -0.05) is 42.5 Å². The Morgan fingerprint density at radius 1 is 1.15 bits per heavy atom. The van der Waals surface area contributed by atoms with Gasteiger partial charge in [0.1, 0.15) is 5.60 Å². The van der Waals surface area contributed by atoms with E-state index in [1.807, 2.05) is 49.4 Å². The first-order valence-electron chi connectivity index (χ1n) is 6.98. The van der Waals surface area contributed by atoms with Gasteiger partial charge in [-0.2, -0.15) is 0 Å². The van der Waals surface area contributed by atoms with E-state index in [0.29, 0.717) is 6.54 Å². The normalized spacial score (nSPS) is 16.8. The minimum Gasteiger partial charge on any atom is -0.397 e. The summed E-state index contributed by atoms with van der Waals surface area (Å²) >= 11 is 0. The number of nitrogen functional groups attached to an aromatic ring is 1. The van der Waals surface area contributed by atoms with Crippen molar-refractivity contribution >= 4 is 11.4 Å². The quantitative estimate of drug-likeness (QED) is 0.841. The summed E-state index contributed by atoms with van der Waals surface area (Å²) in [6, 6.07) is 15.8.